The van der Waals surface area contributed by atoms with Crippen molar-refractivity contribution >= 4 is 15.7 Å². The van der Waals surface area contributed by atoms with Gasteiger partial charge in [0.2, 0.25) is 0 Å². The molecule has 15 heavy (non-hydrogen) atoms. The van der Waals surface area contributed by atoms with E-state index in [1.54, 1.807) is 25.1 Å². The molecule has 0 bridgehead atoms. The number of rotatable bonds is 4. The topological polar surface area (TPSA) is 58.5 Å². The van der Waals surface area contributed by atoms with Crippen molar-refractivity contribution in [2.75, 3.05) is 0 Å². The molecule has 0 unspecified atom stereocenters. The van der Waals surface area contributed by atoms with Gasteiger partial charge in [0.15, 0.2) is 0 Å². The summed E-state index contributed by atoms with van der Waals surface area (Å²) in [6.45, 7) is 3.68. The number of nitrogens with zero attached hydrogens (tertiary/aromatic N) is 1. The van der Waals surface area contributed by atoms with Crippen LogP contribution in [0.25, 0.3) is 0 Å². The Hall–Kier alpha value is -1.36. The van der Waals surface area contributed by atoms with Gasteiger partial charge in [-0.15, -0.1) is 0 Å². The van der Waals surface area contributed by atoms with Crippen LogP contribution in [0.2, 0.25) is 0 Å². The summed E-state index contributed by atoms with van der Waals surface area (Å²) in [6, 6.07) is 8.16. The van der Waals surface area contributed by atoms with E-state index < -0.39 is 10.0 Å². The number of benzene rings is 1. The summed E-state index contributed by atoms with van der Waals surface area (Å²) in [5.74, 6) is 0. The van der Waals surface area contributed by atoms with E-state index in [0.717, 1.165) is 12.1 Å². The molecule has 0 saturated carbocycles. The van der Waals surface area contributed by atoms with Gasteiger partial charge in [-0.1, -0.05) is 25.1 Å². The Morgan fingerprint density at radius 1 is 1.33 bits per heavy atom. The molecular formula is C10H14N2O2S. The van der Waals surface area contributed by atoms with E-state index >= 15 is 0 Å². The third kappa shape index (κ3) is 3.36. The van der Waals surface area contributed by atoms with E-state index in [1.165, 1.54) is 12.1 Å². The SMILES string of the molecule is CCC(C)=NNS(=O)(=O)c1ccccc1. The number of hydrogen-bond donors (Lipinski definition) is 1. The molecule has 0 aliphatic rings. The minimum Gasteiger partial charge on any atom is -0.200 e. The smallest absolute Gasteiger partial charge is 0.200 e. The van der Waals surface area contributed by atoms with Gasteiger partial charge < -0.3 is 0 Å². The van der Waals surface area contributed by atoms with Crippen LogP contribution in [0.3, 0.4) is 0 Å². The molecule has 0 fully saturated rings. The third-order valence-electron chi connectivity index (χ3n) is 1.92. The first-order valence-electron chi connectivity index (χ1n) is 4.66. The maximum Gasteiger partial charge on any atom is 0.276 e. The lowest BCUT2D eigenvalue weighted by molar-refractivity contribution is 0.584. The van der Waals surface area contributed by atoms with Gasteiger partial charge in [-0.05, 0) is 25.5 Å². The molecule has 0 aliphatic heterocycles. The van der Waals surface area contributed by atoms with Gasteiger partial charge in [-0.2, -0.15) is 13.5 Å². The molecule has 5 heteroatoms. The Morgan fingerprint density at radius 2 is 1.93 bits per heavy atom. The van der Waals surface area contributed by atoms with E-state index in [1.807, 2.05) is 6.92 Å². The second kappa shape index (κ2) is 4.93. The highest BCUT2D eigenvalue weighted by atomic mass is 32.2. The second-order valence-corrected chi connectivity index (χ2v) is 4.77. The molecule has 82 valence electrons. The Kier molecular flexibility index (Phi) is 3.85. The highest BCUT2D eigenvalue weighted by molar-refractivity contribution is 7.89. The molecule has 0 heterocycles. The predicted octanol–water partition coefficient (Wildman–Crippen LogP) is 1.75. The predicted molar refractivity (Wildman–Crippen MR) is 60.2 cm³/mol. The first-order valence-corrected chi connectivity index (χ1v) is 6.14. The Labute approximate surface area is 90.1 Å². The van der Waals surface area contributed by atoms with Gasteiger partial charge in [0.1, 0.15) is 0 Å². The molecule has 0 amide bonds. The lowest BCUT2D eigenvalue weighted by Crippen LogP contribution is -2.19. The molecular weight excluding hydrogens is 212 g/mol. The van der Waals surface area contributed by atoms with Crippen molar-refractivity contribution in [1.29, 1.82) is 0 Å². The van der Waals surface area contributed by atoms with E-state index in [-0.39, 0.29) is 4.90 Å². The average Bonchev–Trinajstić information content (AvgIpc) is 2.27. The van der Waals surface area contributed by atoms with Gasteiger partial charge >= 0.3 is 0 Å². The van der Waals surface area contributed by atoms with E-state index in [9.17, 15) is 8.42 Å². The number of hydrazone groups is 1. The first kappa shape index (κ1) is 11.7. The van der Waals surface area contributed by atoms with Crippen LogP contribution in [0.5, 0.6) is 0 Å². The highest BCUT2D eigenvalue weighted by Gasteiger charge is 2.11. The van der Waals surface area contributed by atoms with Gasteiger partial charge in [-0.3, -0.25) is 0 Å². The monoisotopic (exact) mass is 226 g/mol. The Bertz CT molecular complexity index is 438. The van der Waals surface area contributed by atoms with Crippen LogP contribution in [0.15, 0.2) is 40.3 Å². The summed E-state index contributed by atoms with van der Waals surface area (Å²) in [6.07, 6.45) is 0.720. The molecule has 0 aliphatic carbocycles. The van der Waals surface area contributed by atoms with Gasteiger partial charge in [-0.25, -0.2) is 4.83 Å². The fraction of sp³-hybridized carbons (Fsp3) is 0.300. The van der Waals surface area contributed by atoms with Crippen molar-refractivity contribution in [1.82, 2.24) is 4.83 Å². The number of hydrogen-bond acceptors (Lipinski definition) is 3. The van der Waals surface area contributed by atoms with E-state index in [4.69, 9.17) is 0 Å². The Morgan fingerprint density at radius 3 is 2.47 bits per heavy atom. The van der Waals surface area contributed by atoms with Gasteiger partial charge in [0.05, 0.1) is 4.90 Å². The fourth-order valence-corrected chi connectivity index (χ4v) is 1.77. The normalized spacial score (nSPS) is 12.5. The van der Waals surface area contributed by atoms with Crippen LogP contribution in [0.4, 0.5) is 0 Å². The Balaban J connectivity index is 2.87. The van der Waals surface area contributed by atoms with Gasteiger partial charge in [0.25, 0.3) is 10.0 Å². The molecule has 0 atom stereocenters. The van der Waals surface area contributed by atoms with Crippen LogP contribution < -0.4 is 4.83 Å². The molecule has 0 spiro atoms. The molecule has 0 saturated heterocycles. The molecule has 1 aromatic rings. The zero-order chi connectivity index (χ0) is 11.3. The van der Waals surface area contributed by atoms with Crippen molar-refractivity contribution in [3.63, 3.8) is 0 Å². The standard InChI is InChI=1S/C10H14N2O2S/c1-3-9(2)11-12-15(13,14)10-7-5-4-6-8-10/h4-8,12H,3H2,1-2H3. The third-order valence-corrected chi connectivity index (χ3v) is 3.15. The van der Waals surface area contributed by atoms with Crippen LogP contribution in [-0.2, 0) is 10.0 Å². The summed E-state index contributed by atoms with van der Waals surface area (Å²) >= 11 is 0. The van der Waals surface area contributed by atoms with E-state index in [2.05, 4.69) is 9.93 Å². The van der Waals surface area contributed by atoms with Crippen molar-refractivity contribution in [2.45, 2.75) is 25.2 Å². The quantitative estimate of drug-likeness (QED) is 0.628. The lowest BCUT2D eigenvalue weighted by atomic mass is 10.3. The first-order chi connectivity index (χ1) is 7.06. The average molecular weight is 226 g/mol. The molecule has 1 N–H and O–H groups in total. The highest BCUT2D eigenvalue weighted by Crippen LogP contribution is 2.06. The number of nitrogens with one attached hydrogen (secondary N) is 1. The second-order valence-electron chi connectivity index (χ2n) is 3.11. The maximum atomic E-state index is 11.6. The molecule has 1 aromatic carbocycles. The van der Waals surface area contributed by atoms with Crippen LogP contribution in [0.1, 0.15) is 20.3 Å². The van der Waals surface area contributed by atoms with Gasteiger partial charge in [0, 0.05) is 5.71 Å². The lowest BCUT2D eigenvalue weighted by Gasteiger charge is -2.03. The molecule has 0 aromatic heterocycles. The molecule has 4 nitrogen and oxygen atoms in total. The van der Waals surface area contributed by atoms with Crippen LogP contribution >= 0.6 is 0 Å². The van der Waals surface area contributed by atoms with E-state index in [0.29, 0.717) is 0 Å². The van der Waals surface area contributed by atoms with Crippen molar-refractivity contribution in [2.24, 2.45) is 5.10 Å². The summed E-state index contributed by atoms with van der Waals surface area (Å²) in [4.78, 5) is 2.41. The molecule has 0 radical (unpaired) electrons. The summed E-state index contributed by atoms with van der Waals surface area (Å²) in [5.41, 5.74) is 0.745. The minimum atomic E-state index is -3.50. The molecule has 1 rings (SSSR count). The van der Waals surface area contributed by atoms with Crippen molar-refractivity contribution < 1.29 is 8.42 Å². The van der Waals surface area contributed by atoms with Crippen molar-refractivity contribution in [3.05, 3.63) is 30.3 Å². The zero-order valence-electron chi connectivity index (χ0n) is 8.77. The van der Waals surface area contributed by atoms with Crippen LogP contribution in [0, 0.1) is 0 Å². The largest absolute Gasteiger partial charge is 0.276 e. The number of sulfonamides is 1. The zero-order valence-corrected chi connectivity index (χ0v) is 9.58. The fourth-order valence-electron chi connectivity index (χ4n) is 0.869. The van der Waals surface area contributed by atoms with Crippen molar-refractivity contribution in [3.8, 4) is 0 Å². The minimum absolute atomic E-state index is 0.220. The summed E-state index contributed by atoms with van der Waals surface area (Å²) < 4.78 is 23.3. The summed E-state index contributed by atoms with van der Waals surface area (Å²) in [5, 5.41) is 3.77. The maximum absolute atomic E-state index is 11.6. The summed E-state index contributed by atoms with van der Waals surface area (Å²) in [7, 11) is -3.50. The van der Waals surface area contributed by atoms with Crippen LogP contribution in [-0.4, -0.2) is 14.1 Å².